The van der Waals surface area contributed by atoms with Gasteiger partial charge in [0, 0.05) is 17.3 Å². The monoisotopic (exact) mass is 369 g/mol. The van der Waals surface area contributed by atoms with Gasteiger partial charge in [0.25, 0.3) is 0 Å². The van der Waals surface area contributed by atoms with Gasteiger partial charge in [-0.2, -0.15) is 0 Å². The number of aliphatic imine (C=N–C) groups is 1. The first kappa shape index (κ1) is 16.4. The number of para-hydroxylation sites is 2. The number of pyridine rings is 1. The molecule has 0 bridgehead atoms. The molecule has 2 heterocycles. The number of nitrogens with one attached hydrogen (secondary N) is 1. The Kier molecular flexibility index (Phi) is 3.79. The van der Waals surface area contributed by atoms with Gasteiger partial charge in [0.05, 0.1) is 16.8 Å². The Hall–Kier alpha value is -3.73. The lowest BCUT2D eigenvalue weighted by molar-refractivity contribution is 0.467. The van der Waals surface area contributed by atoms with Crippen LogP contribution in [0.15, 0.2) is 71.7 Å². The molecule has 1 aliphatic rings. The van der Waals surface area contributed by atoms with Crippen LogP contribution in [0.1, 0.15) is 11.1 Å². The van der Waals surface area contributed by atoms with E-state index in [1.54, 1.807) is 12.3 Å². The van der Waals surface area contributed by atoms with E-state index in [1.807, 2.05) is 61.5 Å². The molecule has 3 aromatic carbocycles. The number of rotatable bonds is 2. The van der Waals surface area contributed by atoms with Crippen LogP contribution < -0.4 is 10.1 Å². The summed E-state index contributed by atoms with van der Waals surface area (Å²) in [7, 11) is 0. The molecule has 0 aliphatic carbocycles. The topological polar surface area (TPSA) is 46.5 Å². The molecule has 5 heteroatoms. The number of aromatic nitrogens is 1. The predicted octanol–water partition coefficient (Wildman–Crippen LogP) is 6.28. The van der Waals surface area contributed by atoms with Crippen molar-refractivity contribution < 1.29 is 9.13 Å². The summed E-state index contributed by atoms with van der Waals surface area (Å²) in [4.78, 5) is 9.13. The summed E-state index contributed by atoms with van der Waals surface area (Å²) in [6, 6.07) is 20.4. The summed E-state index contributed by atoms with van der Waals surface area (Å²) in [6.07, 6.45) is 1.76. The van der Waals surface area contributed by atoms with E-state index in [2.05, 4.69) is 15.3 Å². The first-order chi connectivity index (χ1) is 13.7. The highest BCUT2D eigenvalue weighted by Gasteiger charge is 2.14. The number of benzene rings is 3. The summed E-state index contributed by atoms with van der Waals surface area (Å²) in [6.45, 7) is 1.86. The molecule has 0 spiro atoms. The van der Waals surface area contributed by atoms with Crippen LogP contribution in [0.25, 0.3) is 10.9 Å². The van der Waals surface area contributed by atoms with Crippen molar-refractivity contribution >= 4 is 34.2 Å². The number of aryl methyl sites for hydroxylation is 1. The minimum absolute atomic E-state index is 0.279. The van der Waals surface area contributed by atoms with E-state index in [9.17, 15) is 4.39 Å². The molecule has 4 nitrogen and oxygen atoms in total. The van der Waals surface area contributed by atoms with Crippen LogP contribution in [0, 0.1) is 12.7 Å². The van der Waals surface area contributed by atoms with Gasteiger partial charge < -0.3 is 10.1 Å². The van der Waals surface area contributed by atoms with E-state index >= 15 is 0 Å². The average molecular weight is 369 g/mol. The fourth-order valence-corrected chi connectivity index (χ4v) is 3.20. The molecule has 5 rings (SSSR count). The van der Waals surface area contributed by atoms with Crippen molar-refractivity contribution in [3.05, 3.63) is 83.7 Å². The zero-order chi connectivity index (χ0) is 19.1. The van der Waals surface area contributed by atoms with Gasteiger partial charge in [-0.3, -0.25) is 4.99 Å². The maximum atomic E-state index is 14.1. The number of fused-ring (bicyclic) bond motifs is 3. The van der Waals surface area contributed by atoms with Crippen LogP contribution in [-0.4, -0.2) is 11.2 Å². The molecule has 0 saturated carbocycles. The molecule has 0 amide bonds. The number of ether oxygens (including phenoxy) is 1. The molecule has 1 N–H and O–H groups in total. The van der Waals surface area contributed by atoms with Crippen LogP contribution in [0.5, 0.6) is 11.6 Å². The number of anilines is 2. The second kappa shape index (κ2) is 6.46. The average Bonchev–Trinajstić information content (AvgIpc) is 2.87. The summed E-state index contributed by atoms with van der Waals surface area (Å²) < 4.78 is 20.1. The first-order valence-electron chi connectivity index (χ1n) is 8.95. The second-order valence-corrected chi connectivity index (χ2v) is 6.73. The van der Waals surface area contributed by atoms with Crippen LogP contribution >= 0.6 is 0 Å². The van der Waals surface area contributed by atoms with Crippen LogP contribution in [-0.2, 0) is 0 Å². The highest BCUT2D eigenvalue weighted by molar-refractivity contribution is 5.94. The molecular formula is C23H16FN3O. The van der Waals surface area contributed by atoms with Gasteiger partial charge in [0.15, 0.2) is 5.75 Å². The Balaban J connectivity index is 1.53. The Morgan fingerprint density at radius 2 is 1.86 bits per heavy atom. The highest BCUT2D eigenvalue weighted by Crippen LogP contribution is 2.36. The smallest absolute Gasteiger partial charge is 0.228 e. The van der Waals surface area contributed by atoms with Crippen molar-refractivity contribution in [3.63, 3.8) is 0 Å². The summed E-state index contributed by atoms with van der Waals surface area (Å²) in [5.74, 6) is 0.919. The van der Waals surface area contributed by atoms with Crippen molar-refractivity contribution in [1.29, 1.82) is 0 Å². The number of hydrogen-bond acceptors (Lipinski definition) is 4. The van der Waals surface area contributed by atoms with Crippen molar-refractivity contribution in [3.8, 4) is 11.6 Å². The van der Waals surface area contributed by atoms with E-state index in [0.29, 0.717) is 17.3 Å². The maximum absolute atomic E-state index is 14.1. The van der Waals surface area contributed by atoms with E-state index in [-0.39, 0.29) is 5.82 Å². The Morgan fingerprint density at radius 3 is 2.75 bits per heavy atom. The lowest BCUT2D eigenvalue weighted by Crippen LogP contribution is -1.96. The van der Waals surface area contributed by atoms with Crippen LogP contribution in [0.3, 0.4) is 0 Å². The van der Waals surface area contributed by atoms with Gasteiger partial charge in [-0.05, 0) is 61.0 Å². The Labute approximate surface area is 161 Å². The summed E-state index contributed by atoms with van der Waals surface area (Å²) in [5.41, 5.74) is 4.46. The van der Waals surface area contributed by atoms with Crippen molar-refractivity contribution in [2.75, 3.05) is 5.32 Å². The molecule has 0 fully saturated rings. The maximum Gasteiger partial charge on any atom is 0.228 e. The van der Waals surface area contributed by atoms with Gasteiger partial charge in [-0.1, -0.05) is 18.2 Å². The van der Waals surface area contributed by atoms with Crippen LogP contribution in [0.4, 0.5) is 21.5 Å². The molecule has 0 radical (unpaired) electrons. The largest absolute Gasteiger partial charge is 0.436 e. The normalized spacial score (nSPS) is 12.1. The van der Waals surface area contributed by atoms with Gasteiger partial charge in [-0.25, -0.2) is 9.37 Å². The number of halogens is 1. The molecule has 0 atom stereocenters. The van der Waals surface area contributed by atoms with E-state index in [1.165, 1.54) is 6.07 Å². The quantitative estimate of drug-likeness (QED) is 0.398. The van der Waals surface area contributed by atoms with E-state index < -0.39 is 0 Å². The van der Waals surface area contributed by atoms with Gasteiger partial charge in [0.1, 0.15) is 11.5 Å². The summed E-state index contributed by atoms with van der Waals surface area (Å²) in [5, 5.41) is 4.04. The standard InChI is InChI=1S/C23H16FN3O/c1-14-6-8-20(18(24)10-14)26-17-7-9-19-15(12-17)11-16-13-25-21-4-2-3-5-22(21)28-23(16)27-19/h2-13,26H,1H3. The fraction of sp³-hybridized carbons (Fsp3) is 0.0435. The molecule has 136 valence electrons. The second-order valence-electron chi connectivity index (χ2n) is 6.73. The van der Waals surface area contributed by atoms with Crippen molar-refractivity contribution in [2.24, 2.45) is 4.99 Å². The lowest BCUT2D eigenvalue weighted by Gasteiger charge is -2.11. The van der Waals surface area contributed by atoms with Crippen molar-refractivity contribution in [1.82, 2.24) is 4.98 Å². The fourth-order valence-electron chi connectivity index (χ4n) is 3.20. The minimum Gasteiger partial charge on any atom is -0.436 e. The SMILES string of the molecule is Cc1ccc(Nc2ccc3nc4c(cc3c2)C=Nc2ccccc2O4)c(F)c1. The molecule has 1 aromatic heterocycles. The molecular weight excluding hydrogens is 353 g/mol. The third kappa shape index (κ3) is 2.97. The summed E-state index contributed by atoms with van der Waals surface area (Å²) >= 11 is 0. The Bertz CT molecular complexity index is 1250. The molecule has 4 aromatic rings. The number of nitrogens with zero attached hydrogens (tertiary/aromatic N) is 2. The third-order valence-corrected chi connectivity index (χ3v) is 4.63. The zero-order valence-corrected chi connectivity index (χ0v) is 15.1. The highest BCUT2D eigenvalue weighted by atomic mass is 19.1. The molecule has 0 saturated heterocycles. The van der Waals surface area contributed by atoms with E-state index in [0.717, 1.165) is 33.4 Å². The van der Waals surface area contributed by atoms with Crippen molar-refractivity contribution in [2.45, 2.75) is 6.92 Å². The van der Waals surface area contributed by atoms with E-state index in [4.69, 9.17) is 4.74 Å². The van der Waals surface area contributed by atoms with Gasteiger partial charge in [0.2, 0.25) is 5.88 Å². The zero-order valence-electron chi connectivity index (χ0n) is 15.1. The lowest BCUT2D eigenvalue weighted by atomic mass is 10.1. The number of hydrogen-bond donors (Lipinski definition) is 1. The van der Waals surface area contributed by atoms with Gasteiger partial charge in [-0.15, -0.1) is 0 Å². The predicted molar refractivity (Wildman–Crippen MR) is 110 cm³/mol. The molecule has 0 unspecified atom stereocenters. The third-order valence-electron chi connectivity index (χ3n) is 4.63. The molecule has 1 aliphatic heterocycles. The van der Waals surface area contributed by atoms with Gasteiger partial charge >= 0.3 is 0 Å². The molecule has 28 heavy (non-hydrogen) atoms. The first-order valence-corrected chi connectivity index (χ1v) is 8.95. The minimum atomic E-state index is -0.279. The van der Waals surface area contributed by atoms with Crippen LogP contribution in [0.2, 0.25) is 0 Å². The Morgan fingerprint density at radius 1 is 0.964 bits per heavy atom.